The third-order valence-corrected chi connectivity index (χ3v) is 5.51. The topological polar surface area (TPSA) is 71.0 Å². The monoisotopic (exact) mass is 426 g/mol. The largest absolute Gasteiger partial charge is 0.486 e. The first-order valence-electron chi connectivity index (χ1n) is 10.8. The van der Waals surface area contributed by atoms with Crippen molar-refractivity contribution < 1.29 is 28.2 Å². The summed E-state index contributed by atoms with van der Waals surface area (Å²) in [5.74, 6) is -1.72. The van der Waals surface area contributed by atoms with Crippen molar-refractivity contribution in [2.45, 2.75) is 63.5 Å². The number of hydrogen-bond donors (Lipinski definition) is 2. The van der Waals surface area contributed by atoms with Gasteiger partial charge in [0.25, 0.3) is 5.92 Å². The number of aliphatic hydroxyl groups excluding tert-OH is 1. The summed E-state index contributed by atoms with van der Waals surface area (Å²) in [4.78, 5) is 14.0. The van der Waals surface area contributed by atoms with Crippen LogP contribution in [0.5, 0.6) is 11.5 Å². The minimum Gasteiger partial charge on any atom is -0.486 e. The Morgan fingerprint density at radius 2 is 1.87 bits per heavy atom. The maximum Gasteiger partial charge on any atom is 0.272 e. The molecule has 1 fully saturated rings. The number of alkyl halides is 2. The Morgan fingerprint density at radius 3 is 2.57 bits per heavy atom. The molecular formula is C22H32F2N2O4. The van der Waals surface area contributed by atoms with Gasteiger partial charge in [-0.1, -0.05) is 38.7 Å². The first-order chi connectivity index (χ1) is 14.4. The van der Waals surface area contributed by atoms with Crippen LogP contribution in [-0.4, -0.2) is 60.7 Å². The van der Waals surface area contributed by atoms with Crippen molar-refractivity contribution in [3.05, 3.63) is 23.8 Å². The lowest BCUT2D eigenvalue weighted by molar-refractivity contribution is -0.138. The molecule has 2 aliphatic rings. The van der Waals surface area contributed by atoms with Crippen LogP contribution in [-0.2, 0) is 4.79 Å². The molecule has 2 heterocycles. The number of likely N-dealkylation sites (tertiary alicyclic amines) is 1. The van der Waals surface area contributed by atoms with Crippen molar-refractivity contribution in [1.29, 1.82) is 0 Å². The molecule has 0 radical (unpaired) electrons. The van der Waals surface area contributed by atoms with E-state index in [-0.39, 0.29) is 25.5 Å². The number of amides is 1. The fourth-order valence-electron chi connectivity index (χ4n) is 3.88. The number of ether oxygens (including phenoxy) is 2. The van der Waals surface area contributed by atoms with Crippen LogP contribution in [0.4, 0.5) is 8.78 Å². The van der Waals surface area contributed by atoms with Gasteiger partial charge in [-0.15, -0.1) is 0 Å². The van der Waals surface area contributed by atoms with E-state index in [1.54, 1.807) is 23.1 Å². The van der Waals surface area contributed by atoms with Crippen LogP contribution in [0.2, 0.25) is 0 Å². The van der Waals surface area contributed by atoms with Crippen LogP contribution in [0.15, 0.2) is 18.2 Å². The summed E-state index contributed by atoms with van der Waals surface area (Å²) in [5.41, 5.74) is 0.555. The predicted molar refractivity (Wildman–Crippen MR) is 109 cm³/mol. The highest BCUT2D eigenvalue weighted by Crippen LogP contribution is 2.34. The van der Waals surface area contributed by atoms with Crippen molar-refractivity contribution >= 4 is 5.91 Å². The van der Waals surface area contributed by atoms with Crippen LogP contribution in [0.3, 0.4) is 0 Å². The highest BCUT2D eigenvalue weighted by Gasteiger charge is 2.45. The number of rotatable bonds is 11. The summed E-state index contributed by atoms with van der Waals surface area (Å²) in [5, 5.41) is 13.8. The third-order valence-electron chi connectivity index (χ3n) is 5.51. The lowest BCUT2D eigenvalue weighted by atomic mass is 9.99. The van der Waals surface area contributed by atoms with Crippen molar-refractivity contribution in [2.75, 3.05) is 32.8 Å². The fraction of sp³-hybridized carbons (Fsp3) is 0.682. The van der Waals surface area contributed by atoms with Crippen LogP contribution in [0.1, 0.15) is 57.1 Å². The smallest absolute Gasteiger partial charge is 0.272 e. The van der Waals surface area contributed by atoms with Crippen LogP contribution in [0, 0.1) is 0 Å². The maximum atomic E-state index is 13.3. The molecule has 3 rings (SSSR count). The molecule has 2 atom stereocenters. The molecule has 6 nitrogen and oxygen atoms in total. The molecule has 1 aromatic carbocycles. The lowest BCUT2D eigenvalue weighted by Gasteiger charge is -2.41. The molecule has 0 unspecified atom stereocenters. The Hall–Kier alpha value is -1.93. The summed E-state index contributed by atoms with van der Waals surface area (Å²) < 4.78 is 37.6. The summed E-state index contributed by atoms with van der Waals surface area (Å²) in [6.07, 6.45) is 4.46. The number of halogens is 2. The number of aliphatic hydroxyl groups is 1. The second-order valence-electron chi connectivity index (χ2n) is 8.21. The van der Waals surface area contributed by atoms with Gasteiger partial charge in [0.2, 0.25) is 5.91 Å². The number of carbonyl (C=O) groups is 1. The number of nitrogens with zero attached hydrogens (tertiary/aromatic N) is 1. The molecule has 1 saturated heterocycles. The number of nitrogens with one attached hydrogen (secondary N) is 1. The highest BCUT2D eigenvalue weighted by atomic mass is 19.3. The molecule has 0 aromatic heterocycles. The SMILES string of the molecule is CCCCCCCC(=O)N[C@H](CN1CC(F)(F)C1)[C@H](O)c1ccc2c(c1)OCCO2. The Morgan fingerprint density at radius 1 is 1.17 bits per heavy atom. The Balaban J connectivity index is 1.62. The average molecular weight is 427 g/mol. The van der Waals surface area contributed by atoms with Gasteiger partial charge in [-0.3, -0.25) is 9.69 Å². The van der Waals surface area contributed by atoms with E-state index in [2.05, 4.69) is 12.2 Å². The highest BCUT2D eigenvalue weighted by molar-refractivity contribution is 5.76. The van der Waals surface area contributed by atoms with E-state index in [4.69, 9.17) is 9.47 Å². The lowest BCUT2D eigenvalue weighted by Crippen LogP contribution is -2.60. The molecule has 0 saturated carbocycles. The van der Waals surface area contributed by atoms with E-state index in [9.17, 15) is 18.7 Å². The summed E-state index contributed by atoms with van der Waals surface area (Å²) in [7, 11) is 0. The van der Waals surface area contributed by atoms with Gasteiger partial charge in [0.05, 0.1) is 19.1 Å². The maximum absolute atomic E-state index is 13.3. The molecule has 1 amide bonds. The van der Waals surface area contributed by atoms with Gasteiger partial charge in [-0.25, -0.2) is 8.78 Å². The van der Waals surface area contributed by atoms with Gasteiger partial charge in [-0.05, 0) is 24.1 Å². The quantitative estimate of drug-likeness (QED) is 0.532. The van der Waals surface area contributed by atoms with Gasteiger partial charge in [0, 0.05) is 13.0 Å². The number of benzene rings is 1. The van der Waals surface area contributed by atoms with Gasteiger partial charge in [0.1, 0.15) is 19.3 Å². The zero-order valence-electron chi connectivity index (χ0n) is 17.5. The van der Waals surface area contributed by atoms with Crippen LogP contribution < -0.4 is 14.8 Å². The number of hydrogen-bond acceptors (Lipinski definition) is 5. The summed E-state index contributed by atoms with van der Waals surface area (Å²) >= 11 is 0. The van der Waals surface area contributed by atoms with E-state index in [1.165, 1.54) is 0 Å². The summed E-state index contributed by atoms with van der Waals surface area (Å²) in [6.45, 7) is 2.47. The molecule has 2 N–H and O–H groups in total. The normalized spacial score (nSPS) is 19.6. The fourth-order valence-corrected chi connectivity index (χ4v) is 3.88. The minimum absolute atomic E-state index is 0.159. The second-order valence-corrected chi connectivity index (χ2v) is 8.21. The molecule has 30 heavy (non-hydrogen) atoms. The number of unbranched alkanes of at least 4 members (excludes halogenated alkanes) is 4. The predicted octanol–water partition coefficient (Wildman–Crippen LogP) is 3.29. The zero-order valence-corrected chi connectivity index (χ0v) is 17.5. The Kier molecular flexibility index (Phi) is 7.88. The first-order valence-corrected chi connectivity index (χ1v) is 10.8. The van der Waals surface area contributed by atoms with Crippen molar-refractivity contribution in [3.63, 3.8) is 0 Å². The third kappa shape index (κ3) is 6.28. The van der Waals surface area contributed by atoms with Crippen LogP contribution in [0.25, 0.3) is 0 Å². The van der Waals surface area contributed by atoms with E-state index < -0.39 is 18.1 Å². The summed E-state index contributed by atoms with van der Waals surface area (Å²) in [6, 6.07) is 4.43. The van der Waals surface area contributed by atoms with Gasteiger partial charge in [-0.2, -0.15) is 0 Å². The van der Waals surface area contributed by atoms with Gasteiger partial charge >= 0.3 is 0 Å². The molecule has 0 aliphatic carbocycles. The molecule has 1 aromatic rings. The standard InChI is InChI=1S/C22H32F2N2O4/c1-2-3-4-5-6-7-20(27)25-17(13-26-14-22(23,24)15-26)21(28)16-8-9-18-19(12-16)30-11-10-29-18/h8-9,12,17,21,28H,2-7,10-11,13-15H2,1H3,(H,25,27)/t17-,21-/m1/s1. The number of fused-ring (bicyclic) bond motifs is 1. The molecule has 0 spiro atoms. The molecule has 2 aliphatic heterocycles. The average Bonchev–Trinajstić information content (AvgIpc) is 2.71. The first kappa shape index (κ1) is 22.7. The molecule has 8 heteroatoms. The minimum atomic E-state index is -2.70. The molecule has 0 bridgehead atoms. The Bertz CT molecular complexity index is 708. The van der Waals surface area contributed by atoms with Crippen molar-refractivity contribution in [3.8, 4) is 11.5 Å². The van der Waals surface area contributed by atoms with E-state index in [0.29, 0.717) is 36.7 Å². The zero-order chi connectivity index (χ0) is 21.6. The molecular weight excluding hydrogens is 394 g/mol. The Labute approximate surface area is 176 Å². The van der Waals surface area contributed by atoms with E-state index in [1.807, 2.05) is 0 Å². The van der Waals surface area contributed by atoms with Crippen molar-refractivity contribution in [2.24, 2.45) is 0 Å². The van der Waals surface area contributed by atoms with E-state index in [0.717, 1.165) is 32.1 Å². The van der Waals surface area contributed by atoms with Crippen molar-refractivity contribution in [1.82, 2.24) is 10.2 Å². The number of carbonyl (C=O) groups excluding carboxylic acids is 1. The molecule has 168 valence electrons. The van der Waals surface area contributed by atoms with E-state index >= 15 is 0 Å². The van der Waals surface area contributed by atoms with Crippen LogP contribution >= 0.6 is 0 Å². The van der Waals surface area contributed by atoms with Gasteiger partial charge in [0.15, 0.2) is 11.5 Å². The second kappa shape index (κ2) is 10.4. The van der Waals surface area contributed by atoms with Gasteiger partial charge < -0.3 is 19.9 Å².